The van der Waals surface area contributed by atoms with Gasteiger partial charge in [-0.15, -0.1) is 0 Å². The van der Waals surface area contributed by atoms with Crippen LogP contribution in [-0.2, 0) is 19.1 Å². The highest BCUT2D eigenvalue weighted by Gasteiger charge is 2.50. The molecular formula is C18H22O5. The fourth-order valence-electron chi connectivity index (χ4n) is 3.66. The van der Waals surface area contributed by atoms with Gasteiger partial charge in [0, 0.05) is 28.9 Å². The van der Waals surface area contributed by atoms with E-state index in [-0.39, 0.29) is 29.7 Å². The summed E-state index contributed by atoms with van der Waals surface area (Å²) in [7, 11) is 0. The predicted molar refractivity (Wildman–Crippen MR) is 83.0 cm³/mol. The van der Waals surface area contributed by atoms with Gasteiger partial charge in [-0.1, -0.05) is 20.8 Å². The molecule has 5 nitrogen and oxygen atoms in total. The zero-order chi connectivity index (χ0) is 16.9. The molecule has 0 fully saturated rings. The molecule has 0 aromatic heterocycles. The number of aliphatic hydroxyl groups is 1. The van der Waals surface area contributed by atoms with Crippen LogP contribution in [0.1, 0.15) is 40.5 Å². The van der Waals surface area contributed by atoms with Crippen LogP contribution in [0.4, 0.5) is 0 Å². The van der Waals surface area contributed by atoms with E-state index < -0.39 is 12.2 Å². The van der Waals surface area contributed by atoms with Crippen LogP contribution >= 0.6 is 0 Å². The zero-order valence-corrected chi connectivity index (χ0v) is 13.9. The lowest BCUT2D eigenvalue weighted by molar-refractivity contribution is -0.161. The van der Waals surface area contributed by atoms with E-state index in [1.807, 2.05) is 13.0 Å². The summed E-state index contributed by atoms with van der Waals surface area (Å²) in [6, 6.07) is 0. The van der Waals surface area contributed by atoms with Crippen LogP contribution in [-0.4, -0.2) is 29.3 Å². The second kappa shape index (κ2) is 5.34. The van der Waals surface area contributed by atoms with Gasteiger partial charge in [0.05, 0.1) is 0 Å². The zero-order valence-electron chi connectivity index (χ0n) is 13.9. The summed E-state index contributed by atoms with van der Waals surface area (Å²) < 4.78 is 10.8. The summed E-state index contributed by atoms with van der Waals surface area (Å²) >= 11 is 0. The van der Waals surface area contributed by atoms with Gasteiger partial charge in [-0.2, -0.15) is 0 Å². The Balaban J connectivity index is 2.01. The van der Waals surface area contributed by atoms with Crippen LogP contribution in [0.2, 0.25) is 0 Å². The number of hydrogen-bond acceptors (Lipinski definition) is 5. The van der Waals surface area contributed by atoms with Gasteiger partial charge in [-0.3, -0.25) is 4.79 Å². The molecule has 0 unspecified atom stereocenters. The molecule has 124 valence electrons. The van der Waals surface area contributed by atoms with Crippen LogP contribution in [0.3, 0.4) is 0 Å². The average molecular weight is 318 g/mol. The van der Waals surface area contributed by atoms with Gasteiger partial charge in [0.1, 0.15) is 18.0 Å². The average Bonchev–Trinajstić information content (AvgIpc) is 2.77. The van der Waals surface area contributed by atoms with Gasteiger partial charge in [-0.25, -0.2) is 4.79 Å². The fraction of sp³-hybridized carbons (Fsp3) is 0.556. The first kappa shape index (κ1) is 16.0. The molecule has 1 N–H and O–H groups in total. The monoisotopic (exact) mass is 318 g/mol. The predicted octanol–water partition coefficient (Wildman–Crippen LogP) is 2.41. The van der Waals surface area contributed by atoms with Gasteiger partial charge in [0.2, 0.25) is 0 Å². The van der Waals surface area contributed by atoms with E-state index in [4.69, 9.17) is 9.47 Å². The molecule has 0 aromatic carbocycles. The molecule has 0 bridgehead atoms. The Labute approximate surface area is 135 Å². The highest BCUT2D eigenvalue weighted by Crippen LogP contribution is 2.53. The quantitative estimate of drug-likeness (QED) is 0.792. The van der Waals surface area contributed by atoms with E-state index in [2.05, 4.69) is 6.92 Å². The molecular weight excluding hydrogens is 296 g/mol. The second-order valence-electron chi connectivity index (χ2n) is 6.81. The minimum Gasteiger partial charge on any atom is -0.459 e. The van der Waals surface area contributed by atoms with Crippen molar-refractivity contribution < 1.29 is 24.2 Å². The van der Waals surface area contributed by atoms with Crippen molar-refractivity contribution in [1.82, 2.24) is 0 Å². The number of allylic oxidation sites excluding steroid dienone is 3. The van der Waals surface area contributed by atoms with Crippen molar-refractivity contribution in [3.05, 3.63) is 34.6 Å². The summed E-state index contributed by atoms with van der Waals surface area (Å²) in [5.41, 5.74) is 2.17. The topological polar surface area (TPSA) is 72.8 Å². The van der Waals surface area contributed by atoms with Crippen LogP contribution in [0.15, 0.2) is 34.6 Å². The van der Waals surface area contributed by atoms with Crippen molar-refractivity contribution in [1.29, 1.82) is 0 Å². The minimum absolute atomic E-state index is 0.0817. The Kier molecular flexibility index (Phi) is 3.71. The Morgan fingerprint density at radius 2 is 2.22 bits per heavy atom. The summed E-state index contributed by atoms with van der Waals surface area (Å²) in [6.07, 6.45) is 3.04. The Bertz CT molecular complexity index is 669. The summed E-state index contributed by atoms with van der Waals surface area (Å²) in [5.74, 6) is -0.124. The van der Waals surface area contributed by atoms with E-state index in [9.17, 15) is 14.7 Å². The molecule has 3 rings (SSSR count). The molecule has 4 atom stereocenters. The van der Waals surface area contributed by atoms with E-state index in [1.54, 1.807) is 19.9 Å². The molecule has 0 amide bonds. The molecule has 0 spiro atoms. The smallest absolute Gasteiger partial charge is 0.339 e. The number of aliphatic hydroxyl groups excluding tert-OH is 1. The Morgan fingerprint density at radius 3 is 2.87 bits per heavy atom. The van der Waals surface area contributed by atoms with Crippen LogP contribution in [0.5, 0.6) is 0 Å². The third-order valence-electron chi connectivity index (χ3n) is 5.49. The van der Waals surface area contributed by atoms with Crippen LogP contribution < -0.4 is 0 Å². The summed E-state index contributed by atoms with van der Waals surface area (Å²) in [6.45, 7) is 7.57. The molecule has 1 aliphatic heterocycles. The van der Waals surface area contributed by atoms with Gasteiger partial charge >= 0.3 is 11.9 Å². The largest absolute Gasteiger partial charge is 0.459 e. The minimum atomic E-state index is -0.857. The van der Waals surface area contributed by atoms with E-state index in [1.165, 1.54) is 0 Å². The highest BCUT2D eigenvalue weighted by molar-refractivity contribution is 5.94. The number of rotatable bonds is 2. The molecule has 2 aliphatic carbocycles. The maximum atomic E-state index is 11.8. The van der Waals surface area contributed by atoms with Crippen LogP contribution in [0.25, 0.3) is 0 Å². The number of esters is 2. The van der Waals surface area contributed by atoms with E-state index in [0.29, 0.717) is 17.8 Å². The second-order valence-corrected chi connectivity index (χ2v) is 6.81. The van der Waals surface area contributed by atoms with Crippen molar-refractivity contribution in [2.75, 3.05) is 0 Å². The maximum Gasteiger partial charge on any atom is 0.339 e. The first-order chi connectivity index (χ1) is 10.8. The number of hydrogen-bond donors (Lipinski definition) is 1. The fourth-order valence-corrected chi connectivity index (χ4v) is 3.66. The molecule has 23 heavy (non-hydrogen) atoms. The molecule has 1 heterocycles. The molecule has 3 aliphatic rings. The van der Waals surface area contributed by atoms with E-state index >= 15 is 0 Å². The maximum absolute atomic E-state index is 11.8. The van der Waals surface area contributed by atoms with Crippen molar-refractivity contribution in [3.8, 4) is 0 Å². The SMILES string of the molecule is CCC(=O)O[C@H]1[C@@H](O)C=C2C=C3OC(=O)C(C)=C3C[C@]2(C)[C@H]1C. The number of carbonyl (C=O) groups is 2. The molecule has 0 saturated carbocycles. The lowest BCUT2D eigenvalue weighted by atomic mass is 9.60. The Morgan fingerprint density at radius 1 is 1.52 bits per heavy atom. The number of ether oxygens (including phenoxy) is 2. The molecule has 0 radical (unpaired) electrons. The van der Waals surface area contributed by atoms with Crippen LogP contribution in [0, 0.1) is 11.3 Å². The lowest BCUT2D eigenvalue weighted by Crippen LogP contribution is -2.48. The number of carbonyl (C=O) groups excluding carboxylic acids is 2. The first-order valence-corrected chi connectivity index (χ1v) is 8.01. The molecule has 5 heteroatoms. The molecule has 0 aromatic rings. The van der Waals surface area contributed by atoms with Gasteiger partial charge in [0.25, 0.3) is 0 Å². The van der Waals surface area contributed by atoms with Crippen molar-refractivity contribution in [2.24, 2.45) is 11.3 Å². The normalized spacial score (nSPS) is 35.9. The summed E-state index contributed by atoms with van der Waals surface area (Å²) in [4.78, 5) is 23.5. The van der Waals surface area contributed by atoms with Gasteiger partial charge in [-0.05, 0) is 31.1 Å². The first-order valence-electron chi connectivity index (χ1n) is 8.01. The highest BCUT2D eigenvalue weighted by atomic mass is 16.6. The van der Waals surface area contributed by atoms with E-state index in [0.717, 1.165) is 11.1 Å². The molecule has 0 saturated heterocycles. The van der Waals surface area contributed by atoms with Crippen molar-refractivity contribution in [3.63, 3.8) is 0 Å². The summed E-state index contributed by atoms with van der Waals surface area (Å²) in [5, 5.41) is 10.4. The Hall–Kier alpha value is -1.88. The van der Waals surface area contributed by atoms with Crippen molar-refractivity contribution in [2.45, 2.75) is 52.7 Å². The van der Waals surface area contributed by atoms with Gasteiger partial charge < -0.3 is 14.6 Å². The number of fused-ring (bicyclic) bond motifs is 2. The van der Waals surface area contributed by atoms with Crippen molar-refractivity contribution >= 4 is 11.9 Å². The third-order valence-corrected chi connectivity index (χ3v) is 5.49. The lowest BCUT2D eigenvalue weighted by Gasteiger charge is -2.47. The van der Waals surface area contributed by atoms with Gasteiger partial charge in [0.15, 0.2) is 0 Å². The third kappa shape index (κ3) is 2.34. The standard InChI is InChI=1S/C18H22O5/c1-5-15(20)23-16-10(3)18(4)8-12-9(2)17(21)22-14(12)7-11(18)6-13(16)19/h6-7,10,13,16,19H,5,8H2,1-4H3/t10-,13-,16+,18+/m0/s1.